The summed E-state index contributed by atoms with van der Waals surface area (Å²) in [7, 11) is 0. The fourth-order valence-corrected chi connectivity index (χ4v) is 1.56. The molecular formula is C13H21FO. The quantitative estimate of drug-likeness (QED) is 0.604. The van der Waals surface area contributed by atoms with E-state index in [1.54, 1.807) is 12.2 Å². The minimum Gasteiger partial charge on any atom is -0.342 e. The van der Waals surface area contributed by atoms with Crippen LogP contribution in [0.2, 0.25) is 0 Å². The number of ether oxygens (including phenoxy) is 1. The average Bonchev–Trinajstić information content (AvgIpc) is 2.25. The SMILES string of the molecule is CCC(C)CCCOC1(F)C=CC=CC1. The van der Waals surface area contributed by atoms with Crippen molar-refractivity contribution in [2.24, 2.45) is 5.92 Å². The monoisotopic (exact) mass is 212 g/mol. The maximum absolute atomic E-state index is 13.8. The molecule has 0 fully saturated rings. The summed E-state index contributed by atoms with van der Waals surface area (Å²) in [4.78, 5) is 0. The van der Waals surface area contributed by atoms with Gasteiger partial charge in [-0.15, -0.1) is 0 Å². The molecule has 0 aromatic heterocycles. The maximum atomic E-state index is 13.8. The molecule has 0 aromatic carbocycles. The van der Waals surface area contributed by atoms with Gasteiger partial charge in [0.15, 0.2) is 0 Å². The van der Waals surface area contributed by atoms with Crippen molar-refractivity contribution in [2.45, 2.75) is 45.4 Å². The molecule has 1 aliphatic carbocycles. The predicted octanol–water partition coefficient (Wildman–Crippen LogP) is 4.01. The molecule has 2 unspecified atom stereocenters. The zero-order valence-electron chi connectivity index (χ0n) is 9.71. The van der Waals surface area contributed by atoms with Crippen LogP contribution in [-0.4, -0.2) is 12.5 Å². The van der Waals surface area contributed by atoms with Gasteiger partial charge in [0, 0.05) is 6.42 Å². The summed E-state index contributed by atoms with van der Waals surface area (Å²) >= 11 is 0. The summed E-state index contributed by atoms with van der Waals surface area (Å²) < 4.78 is 19.1. The standard InChI is InChI=1S/C13H21FO/c1-3-12(2)8-7-11-15-13(14)9-5-4-6-10-13/h4-6,9,12H,3,7-8,10-11H2,1-2H3. The Morgan fingerprint density at radius 3 is 2.87 bits per heavy atom. The minimum atomic E-state index is -1.55. The molecule has 1 nitrogen and oxygen atoms in total. The average molecular weight is 212 g/mol. The number of halogens is 1. The highest BCUT2D eigenvalue weighted by atomic mass is 19.2. The molecule has 0 saturated carbocycles. The normalized spacial score (nSPS) is 26.9. The first kappa shape index (κ1) is 12.4. The molecule has 0 aromatic rings. The van der Waals surface area contributed by atoms with Crippen LogP contribution in [0.3, 0.4) is 0 Å². The van der Waals surface area contributed by atoms with Gasteiger partial charge >= 0.3 is 0 Å². The second-order valence-corrected chi connectivity index (χ2v) is 4.28. The second kappa shape index (κ2) is 6.06. The van der Waals surface area contributed by atoms with E-state index in [2.05, 4.69) is 13.8 Å². The van der Waals surface area contributed by atoms with Crippen LogP contribution in [0.15, 0.2) is 24.3 Å². The summed E-state index contributed by atoms with van der Waals surface area (Å²) in [6.45, 7) is 4.91. The van der Waals surface area contributed by atoms with Gasteiger partial charge in [0.2, 0.25) is 5.85 Å². The van der Waals surface area contributed by atoms with Crippen molar-refractivity contribution in [3.63, 3.8) is 0 Å². The first-order valence-corrected chi connectivity index (χ1v) is 5.83. The molecule has 0 bridgehead atoms. The van der Waals surface area contributed by atoms with Crippen molar-refractivity contribution >= 4 is 0 Å². The van der Waals surface area contributed by atoms with Gasteiger partial charge in [-0.1, -0.05) is 38.5 Å². The molecule has 0 heterocycles. The third-order valence-electron chi connectivity index (χ3n) is 2.87. The minimum absolute atomic E-state index is 0.340. The van der Waals surface area contributed by atoms with E-state index in [-0.39, 0.29) is 0 Å². The number of hydrogen-bond donors (Lipinski definition) is 0. The molecular weight excluding hydrogens is 191 g/mol. The Morgan fingerprint density at radius 1 is 1.47 bits per heavy atom. The predicted molar refractivity (Wildman–Crippen MR) is 61.4 cm³/mol. The lowest BCUT2D eigenvalue weighted by Crippen LogP contribution is -2.25. The zero-order valence-corrected chi connectivity index (χ0v) is 9.71. The third kappa shape index (κ3) is 4.61. The number of hydrogen-bond acceptors (Lipinski definition) is 1. The van der Waals surface area contributed by atoms with Gasteiger partial charge < -0.3 is 4.74 Å². The zero-order chi connectivity index (χ0) is 11.1. The van der Waals surface area contributed by atoms with Crippen LogP contribution in [0.25, 0.3) is 0 Å². The van der Waals surface area contributed by atoms with Gasteiger partial charge in [0.1, 0.15) is 0 Å². The lowest BCUT2D eigenvalue weighted by molar-refractivity contribution is -0.106. The topological polar surface area (TPSA) is 9.23 Å². The van der Waals surface area contributed by atoms with Crippen LogP contribution < -0.4 is 0 Å². The molecule has 2 atom stereocenters. The fraction of sp³-hybridized carbons (Fsp3) is 0.692. The van der Waals surface area contributed by atoms with Gasteiger partial charge in [-0.05, 0) is 24.8 Å². The van der Waals surface area contributed by atoms with Crippen molar-refractivity contribution in [3.05, 3.63) is 24.3 Å². The number of rotatable bonds is 6. The summed E-state index contributed by atoms with van der Waals surface area (Å²) in [6.07, 6.45) is 10.4. The van der Waals surface area contributed by atoms with Crippen LogP contribution in [0.4, 0.5) is 4.39 Å². The highest BCUT2D eigenvalue weighted by molar-refractivity contribution is 5.15. The molecule has 1 aliphatic rings. The summed E-state index contributed by atoms with van der Waals surface area (Å²) in [5, 5.41) is 0. The van der Waals surface area contributed by atoms with E-state index in [4.69, 9.17) is 4.74 Å². The van der Waals surface area contributed by atoms with E-state index >= 15 is 0 Å². The molecule has 0 spiro atoms. The Bertz CT molecular complexity index is 235. The molecule has 0 saturated heterocycles. The van der Waals surface area contributed by atoms with Crippen LogP contribution in [-0.2, 0) is 4.74 Å². The molecule has 0 amide bonds. The summed E-state index contributed by atoms with van der Waals surface area (Å²) in [6, 6.07) is 0. The molecule has 0 aliphatic heterocycles. The number of allylic oxidation sites excluding steroid dienone is 2. The van der Waals surface area contributed by atoms with Gasteiger partial charge in [-0.3, -0.25) is 0 Å². The molecule has 15 heavy (non-hydrogen) atoms. The van der Waals surface area contributed by atoms with Crippen molar-refractivity contribution in [3.8, 4) is 0 Å². The Labute approximate surface area is 92.0 Å². The van der Waals surface area contributed by atoms with E-state index in [1.165, 1.54) is 12.5 Å². The highest BCUT2D eigenvalue weighted by Crippen LogP contribution is 2.24. The first-order chi connectivity index (χ1) is 7.16. The van der Waals surface area contributed by atoms with E-state index in [9.17, 15) is 4.39 Å². The molecule has 2 heteroatoms. The lowest BCUT2D eigenvalue weighted by atomic mass is 10.0. The largest absolute Gasteiger partial charge is 0.342 e. The smallest absolute Gasteiger partial charge is 0.232 e. The van der Waals surface area contributed by atoms with Crippen LogP contribution in [0.5, 0.6) is 0 Å². The Kier molecular flexibility index (Phi) is 5.03. The Hall–Kier alpha value is -0.630. The molecule has 86 valence electrons. The van der Waals surface area contributed by atoms with Gasteiger partial charge in [0.05, 0.1) is 6.61 Å². The number of alkyl halides is 1. The summed E-state index contributed by atoms with van der Waals surface area (Å²) in [5.74, 6) is -0.838. The van der Waals surface area contributed by atoms with E-state index in [0.29, 0.717) is 18.9 Å². The lowest BCUT2D eigenvalue weighted by Gasteiger charge is -2.22. The molecule has 0 radical (unpaired) electrons. The molecule has 1 rings (SSSR count). The third-order valence-corrected chi connectivity index (χ3v) is 2.87. The summed E-state index contributed by atoms with van der Waals surface area (Å²) in [5.41, 5.74) is 0. The maximum Gasteiger partial charge on any atom is 0.232 e. The van der Waals surface area contributed by atoms with E-state index in [1.807, 2.05) is 6.08 Å². The van der Waals surface area contributed by atoms with Crippen LogP contribution in [0.1, 0.15) is 39.5 Å². The Morgan fingerprint density at radius 2 is 2.27 bits per heavy atom. The first-order valence-electron chi connectivity index (χ1n) is 5.83. The van der Waals surface area contributed by atoms with Gasteiger partial charge in [-0.25, -0.2) is 4.39 Å². The molecule has 0 N–H and O–H groups in total. The highest BCUT2D eigenvalue weighted by Gasteiger charge is 2.26. The fourth-order valence-electron chi connectivity index (χ4n) is 1.56. The van der Waals surface area contributed by atoms with Crippen molar-refractivity contribution in [2.75, 3.05) is 6.61 Å². The second-order valence-electron chi connectivity index (χ2n) is 4.28. The van der Waals surface area contributed by atoms with Crippen LogP contribution in [0, 0.1) is 5.92 Å². The van der Waals surface area contributed by atoms with Crippen molar-refractivity contribution in [1.29, 1.82) is 0 Å². The van der Waals surface area contributed by atoms with E-state index < -0.39 is 5.85 Å². The van der Waals surface area contributed by atoms with Crippen molar-refractivity contribution < 1.29 is 9.13 Å². The Balaban J connectivity index is 2.14. The van der Waals surface area contributed by atoms with Crippen LogP contribution >= 0.6 is 0 Å². The van der Waals surface area contributed by atoms with Gasteiger partial charge in [-0.2, -0.15) is 0 Å². The van der Waals surface area contributed by atoms with E-state index in [0.717, 1.165) is 12.8 Å². The van der Waals surface area contributed by atoms with Gasteiger partial charge in [0.25, 0.3) is 0 Å². The van der Waals surface area contributed by atoms with Crippen molar-refractivity contribution in [1.82, 2.24) is 0 Å².